The van der Waals surface area contributed by atoms with Crippen molar-refractivity contribution in [1.29, 1.82) is 0 Å². The van der Waals surface area contributed by atoms with E-state index in [4.69, 9.17) is 47.4 Å². The molecule has 1 aromatic carbocycles. The van der Waals surface area contributed by atoms with Crippen LogP contribution in [-0.2, 0) is 105 Å². The molecule has 1 radical (unpaired) electrons. The second kappa shape index (κ2) is 31.4. The first kappa shape index (κ1) is 66.5. The summed E-state index contributed by atoms with van der Waals surface area (Å²) in [6.45, 7) is 5.28. The summed E-state index contributed by atoms with van der Waals surface area (Å²) >= 11 is 4.98. The summed E-state index contributed by atoms with van der Waals surface area (Å²) in [4.78, 5) is 168. The number of esters is 10. The van der Waals surface area contributed by atoms with Crippen LogP contribution in [-0.4, -0.2) is 183 Å². The molecule has 1 N–H and O–H groups in total. The predicted molar refractivity (Wildman–Crippen MR) is 270 cm³/mol. The summed E-state index contributed by atoms with van der Waals surface area (Å²) in [6.07, 6.45) is -14.5. The number of ether oxygens (including phenoxy) is 10. The van der Waals surface area contributed by atoms with Crippen molar-refractivity contribution in [2.75, 3.05) is 52.3 Å². The van der Waals surface area contributed by atoms with E-state index in [0.717, 1.165) is 79.0 Å². The van der Waals surface area contributed by atoms with Crippen molar-refractivity contribution in [3.63, 3.8) is 0 Å². The number of carbonyl (C=O) groups is 13. The average Bonchev–Trinajstić information content (AvgIpc) is 3.25. The van der Waals surface area contributed by atoms with Gasteiger partial charge < -0.3 is 62.5 Å². The van der Waals surface area contributed by atoms with Gasteiger partial charge in [-0.2, -0.15) is 0 Å². The van der Waals surface area contributed by atoms with Crippen LogP contribution in [0.3, 0.4) is 0 Å². The molecule has 27 nitrogen and oxygen atoms in total. The molecule has 3 amide bonds. The fourth-order valence-electron chi connectivity index (χ4n) is 6.66. The van der Waals surface area contributed by atoms with Gasteiger partial charge in [-0.25, -0.2) is 5.11 Å². The number of hydrogen-bond donors (Lipinski definition) is 1. The highest BCUT2D eigenvalue weighted by molar-refractivity contribution is 14.1. The Balaban J connectivity index is 4.25. The average molecular weight is 1390 g/mol. The van der Waals surface area contributed by atoms with Crippen molar-refractivity contribution in [1.82, 2.24) is 9.80 Å². The second-order valence-electron chi connectivity index (χ2n) is 15.6. The number of anilines is 1. The third-order valence-corrected chi connectivity index (χ3v) is 12.5. The molecule has 1 rings (SSSR count). The Morgan fingerprint density at radius 3 is 0.905 bits per heavy atom. The molecule has 74 heavy (non-hydrogen) atoms. The van der Waals surface area contributed by atoms with Crippen LogP contribution in [0.5, 0.6) is 0 Å². The lowest BCUT2D eigenvalue weighted by molar-refractivity contribution is -0.203. The lowest BCUT2D eigenvalue weighted by Crippen LogP contribution is -2.56. The molecule has 1 aromatic rings. The minimum atomic E-state index is -1.91. The van der Waals surface area contributed by atoms with Gasteiger partial charge in [0, 0.05) is 86.9 Å². The molecular weight excluding hydrogens is 1340 g/mol. The highest BCUT2D eigenvalue weighted by atomic mass is 127. The molecule has 0 aliphatic rings. The molecular formula is C44H55I3N3O24. The minimum absolute atomic E-state index is 0.0508. The van der Waals surface area contributed by atoms with Crippen LogP contribution in [0.25, 0.3) is 0 Å². The van der Waals surface area contributed by atoms with Gasteiger partial charge in [0.1, 0.15) is 13.2 Å². The Bertz CT molecular complexity index is 2180. The van der Waals surface area contributed by atoms with E-state index in [1.807, 2.05) is 0 Å². The first-order chi connectivity index (χ1) is 34.2. The molecule has 0 fully saturated rings. The van der Waals surface area contributed by atoms with Crippen molar-refractivity contribution >= 4 is 151 Å². The fourth-order valence-corrected chi connectivity index (χ4v) is 11.0. The highest BCUT2D eigenvalue weighted by Gasteiger charge is 2.47. The zero-order chi connectivity index (χ0) is 57.1. The summed E-state index contributed by atoms with van der Waals surface area (Å²) in [5, 5.41) is 14.2. The normalized spacial score (nSPS) is 13.9. The summed E-state index contributed by atoms with van der Waals surface area (Å²) in [5.74, 6) is -13.0. The molecule has 0 heterocycles. The first-order valence-electron chi connectivity index (χ1n) is 21.5. The number of rotatable bonds is 26. The van der Waals surface area contributed by atoms with Gasteiger partial charge in [0.05, 0.1) is 37.0 Å². The summed E-state index contributed by atoms with van der Waals surface area (Å²) < 4.78 is 53.3. The highest BCUT2D eigenvalue weighted by Crippen LogP contribution is 2.37. The van der Waals surface area contributed by atoms with Gasteiger partial charge in [-0.1, -0.05) is 0 Å². The SMILES string of the molecule is CC(=O)OCC(OC(C)=O)C(OC(C)=O)C(OC(C)=O)C(CN(C)C(=O)c1c(I)c(NC(=O)C[O])c(I)c(C(=O)N(C)CC(OC(C)=O)C(OC(C)=O)C(OC(C)=O)C(COC(C)=O)OC(C)=O)c1I)OC(C)=O. The van der Waals surface area contributed by atoms with E-state index in [9.17, 15) is 67.4 Å². The largest absolute Gasteiger partial charge is 0.462 e. The van der Waals surface area contributed by atoms with E-state index in [1.165, 1.54) is 14.1 Å². The molecule has 8 atom stereocenters. The van der Waals surface area contributed by atoms with Gasteiger partial charge in [0.25, 0.3) is 17.7 Å². The predicted octanol–water partition coefficient (Wildman–Crippen LogP) is 1.59. The smallest absolute Gasteiger partial charge is 0.303 e. The van der Waals surface area contributed by atoms with Gasteiger partial charge >= 0.3 is 59.7 Å². The van der Waals surface area contributed by atoms with Gasteiger partial charge in [0.2, 0.25) is 0 Å². The molecule has 0 spiro atoms. The number of likely N-dealkylation sites (N-methyl/N-ethyl adjacent to an activating group) is 2. The number of halogens is 3. The van der Waals surface area contributed by atoms with Crippen molar-refractivity contribution < 1.29 is 115 Å². The van der Waals surface area contributed by atoms with E-state index >= 15 is 0 Å². The summed E-state index contributed by atoms with van der Waals surface area (Å²) in [5.41, 5.74) is -0.888. The van der Waals surface area contributed by atoms with Crippen molar-refractivity contribution in [2.24, 2.45) is 0 Å². The minimum Gasteiger partial charge on any atom is -0.462 e. The molecule has 0 bridgehead atoms. The topological polar surface area (TPSA) is 353 Å². The number of nitrogens with zero attached hydrogens (tertiary/aromatic N) is 2. The third kappa shape index (κ3) is 21.7. The van der Waals surface area contributed by atoms with E-state index in [1.54, 1.807) is 67.8 Å². The van der Waals surface area contributed by atoms with Gasteiger partial charge in [-0.15, -0.1) is 0 Å². The van der Waals surface area contributed by atoms with Crippen LogP contribution in [0.1, 0.15) is 90.0 Å². The van der Waals surface area contributed by atoms with E-state index in [-0.39, 0.29) is 27.5 Å². The summed E-state index contributed by atoms with van der Waals surface area (Å²) in [6, 6.07) is 0. The Morgan fingerprint density at radius 2 is 0.662 bits per heavy atom. The Labute approximate surface area is 464 Å². The van der Waals surface area contributed by atoms with E-state index < -0.39 is 159 Å². The Kier molecular flexibility index (Phi) is 28.2. The number of nitrogens with one attached hydrogen (secondary N) is 1. The fraction of sp³-hybridized carbons (Fsp3) is 0.568. The van der Waals surface area contributed by atoms with Crippen LogP contribution in [0, 0.1) is 10.7 Å². The second-order valence-corrected chi connectivity index (χ2v) is 18.9. The zero-order valence-electron chi connectivity index (χ0n) is 42.0. The molecule has 30 heteroatoms. The molecule has 8 unspecified atom stereocenters. The third-order valence-electron chi connectivity index (χ3n) is 9.23. The van der Waals surface area contributed by atoms with Crippen LogP contribution in [0.4, 0.5) is 5.69 Å². The zero-order valence-corrected chi connectivity index (χ0v) is 48.5. The van der Waals surface area contributed by atoms with Crippen LogP contribution >= 0.6 is 67.8 Å². The number of carbonyl (C=O) groups excluding carboxylic acids is 13. The molecule has 0 saturated carbocycles. The van der Waals surface area contributed by atoms with Crippen LogP contribution in [0.15, 0.2) is 0 Å². The maximum Gasteiger partial charge on any atom is 0.303 e. The number of benzene rings is 1. The van der Waals surface area contributed by atoms with Crippen LogP contribution < -0.4 is 5.32 Å². The lowest BCUT2D eigenvalue weighted by atomic mass is 10.0. The maximum atomic E-state index is 14.8. The molecule has 0 saturated heterocycles. The number of hydrogen-bond acceptors (Lipinski definition) is 23. The van der Waals surface area contributed by atoms with Crippen molar-refractivity contribution in [2.45, 2.75) is 118 Å². The lowest BCUT2D eigenvalue weighted by Gasteiger charge is -2.37. The van der Waals surface area contributed by atoms with Crippen molar-refractivity contribution in [3.8, 4) is 0 Å². The van der Waals surface area contributed by atoms with Gasteiger partial charge in [-0.3, -0.25) is 62.3 Å². The Hall–Kier alpha value is -5.52. The quantitative estimate of drug-likeness (QED) is 0.0782. The molecule has 0 aliphatic heterocycles. The maximum absolute atomic E-state index is 14.8. The van der Waals surface area contributed by atoms with Crippen LogP contribution in [0.2, 0.25) is 0 Å². The van der Waals surface area contributed by atoms with Gasteiger partial charge in [-0.05, 0) is 67.8 Å². The monoisotopic (exact) mass is 1390 g/mol. The molecule has 411 valence electrons. The van der Waals surface area contributed by atoms with Crippen molar-refractivity contribution in [3.05, 3.63) is 21.8 Å². The Morgan fingerprint density at radius 1 is 0.405 bits per heavy atom. The van der Waals surface area contributed by atoms with E-state index in [2.05, 4.69) is 5.32 Å². The van der Waals surface area contributed by atoms with Gasteiger partial charge in [0.15, 0.2) is 55.4 Å². The number of amides is 3. The van der Waals surface area contributed by atoms with E-state index in [0.29, 0.717) is 0 Å². The molecule has 0 aromatic heterocycles. The first-order valence-corrected chi connectivity index (χ1v) is 24.7. The standard InChI is InChI=1S/C44H55I3N3O24/c1-18(52)65-16-30(69-22(5)56)41(73-26(9)60)39(71-24(7)58)28(67-20(3)54)13-49(11)43(63)33-35(45)34(37(47)38(36(33)46)48-32(62)15-51)44(64)50(12)14-29(68-21(4)55)40(72-25(8)59)42(74-27(10)61)31(70-23(6)57)17-66-19(2)53/h28-31,39-42H,13-17H2,1-12H3,(H,48,62). The molecule has 0 aliphatic carbocycles. The summed E-state index contributed by atoms with van der Waals surface area (Å²) in [7, 11) is 2.34.